The van der Waals surface area contributed by atoms with Gasteiger partial charge in [-0.05, 0) is 43.2 Å². The molecule has 0 aliphatic heterocycles. The summed E-state index contributed by atoms with van der Waals surface area (Å²) in [5, 5.41) is 10.4. The van der Waals surface area contributed by atoms with Crippen LogP contribution in [0.3, 0.4) is 0 Å². The van der Waals surface area contributed by atoms with Gasteiger partial charge in [-0.3, -0.25) is 14.3 Å². The lowest BCUT2D eigenvalue weighted by Crippen LogP contribution is -2.47. The molecule has 0 heterocycles. The van der Waals surface area contributed by atoms with Crippen molar-refractivity contribution in [1.29, 1.82) is 0 Å². The van der Waals surface area contributed by atoms with Crippen molar-refractivity contribution in [3.63, 3.8) is 0 Å². The van der Waals surface area contributed by atoms with Gasteiger partial charge in [-0.1, -0.05) is 37.6 Å². The Morgan fingerprint density at radius 1 is 1.00 bits per heavy atom. The Balaban J connectivity index is 2.11. The summed E-state index contributed by atoms with van der Waals surface area (Å²) in [5.74, 6) is -0.929. The normalized spacial score (nSPS) is 12.3. The van der Waals surface area contributed by atoms with Crippen LogP contribution in [0.1, 0.15) is 29.8 Å². The molecule has 2 rings (SSSR count). The maximum absolute atomic E-state index is 12.7. The van der Waals surface area contributed by atoms with Gasteiger partial charge < -0.3 is 10.6 Å². The zero-order valence-corrected chi connectivity index (χ0v) is 16.7. The molecule has 0 aliphatic rings. The van der Waals surface area contributed by atoms with Crippen LogP contribution in [0.5, 0.6) is 0 Å². The van der Waals surface area contributed by atoms with Gasteiger partial charge in [0, 0.05) is 11.3 Å². The number of nitrogens with one attached hydrogen (secondary N) is 3. The lowest BCUT2D eigenvalue weighted by atomic mass is 10.0. The predicted octanol–water partition coefficient (Wildman–Crippen LogP) is 2.00. The van der Waals surface area contributed by atoms with Crippen molar-refractivity contribution in [3.8, 4) is 0 Å². The van der Waals surface area contributed by atoms with E-state index >= 15 is 0 Å². The van der Waals surface area contributed by atoms with Gasteiger partial charge in [0.15, 0.2) is 0 Å². The van der Waals surface area contributed by atoms with Gasteiger partial charge in [-0.2, -0.15) is 8.42 Å². The van der Waals surface area contributed by atoms with Crippen molar-refractivity contribution in [2.75, 3.05) is 10.0 Å². The first kappa shape index (κ1) is 21.4. The second-order valence-corrected chi connectivity index (χ2v) is 8.07. The van der Waals surface area contributed by atoms with E-state index in [1.165, 1.54) is 12.1 Å². The summed E-state index contributed by atoms with van der Waals surface area (Å²) in [7, 11) is -3.92. The highest BCUT2D eigenvalue weighted by atomic mass is 32.2. The van der Waals surface area contributed by atoms with Crippen LogP contribution >= 0.6 is 0 Å². The Hall–Kier alpha value is -2.91. The highest BCUT2D eigenvalue weighted by Crippen LogP contribution is 2.17. The zero-order chi connectivity index (χ0) is 20.9. The van der Waals surface area contributed by atoms with Crippen LogP contribution in [0.15, 0.2) is 48.5 Å². The monoisotopic (exact) mass is 404 g/mol. The van der Waals surface area contributed by atoms with Crippen molar-refractivity contribution in [1.82, 2.24) is 5.32 Å². The van der Waals surface area contributed by atoms with E-state index in [2.05, 4.69) is 15.4 Å². The number of benzene rings is 2. The van der Waals surface area contributed by atoms with Crippen molar-refractivity contribution in [2.45, 2.75) is 26.8 Å². The fraction of sp³-hybridized carbons (Fsp3) is 0.263. The minimum atomic E-state index is -3.92. The first-order chi connectivity index (χ1) is 13.0. The van der Waals surface area contributed by atoms with E-state index in [1.54, 1.807) is 24.3 Å². The Bertz CT molecular complexity index is 956. The number of rotatable bonds is 7. The molecule has 0 bridgehead atoms. The Morgan fingerprint density at radius 2 is 1.61 bits per heavy atom. The van der Waals surface area contributed by atoms with E-state index in [0.717, 1.165) is 5.56 Å². The molecule has 150 valence electrons. The third-order valence-electron chi connectivity index (χ3n) is 3.94. The van der Waals surface area contributed by atoms with Gasteiger partial charge in [0.25, 0.3) is 16.1 Å². The Kier molecular flexibility index (Phi) is 6.76. The number of nitrogens with two attached hydrogens (primary N) is 1. The van der Waals surface area contributed by atoms with E-state index in [0.29, 0.717) is 11.3 Å². The molecule has 0 fully saturated rings. The van der Waals surface area contributed by atoms with Crippen LogP contribution in [-0.4, -0.2) is 26.3 Å². The SMILES string of the molecule is Cc1ccc(C(=O)NC(C(=O)Nc2cccc(NS(N)(=O)=O)c2)C(C)C)cc1. The molecular formula is C19H24N4O4S. The second-order valence-electron chi connectivity index (χ2n) is 6.78. The number of carbonyl (C=O) groups is 2. The summed E-state index contributed by atoms with van der Waals surface area (Å²) < 4.78 is 24.4. The fourth-order valence-electron chi connectivity index (χ4n) is 2.51. The molecule has 8 nitrogen and oxygen atoms in total. The maximum atomic E-state index is 12.7. The number of amides is 2. The van der Waals surface area contributed by atoms with E-state index < -0.39 is 22.2 Å². The molecule has 0 aliphatic carbocycles. The van der Waals surface area contributed by atoms with Gasteiger partial charge in [0.1, 0.15) is 6.04 Å². The summed E-state index contributed by atoms with van der Waals surface area (Å²) in [6, 6.07) is 12.4. The molecule has 0 saturated heterocycles. The first-order valence-corrected chi connectivity index (χ1v) is 10.2. The van der Waals surface area contributed by atoms with Gasteiger partial charge in [-0.25, -0.2) is 5.14 Å². The number of hydrogen-bond donors (Lipinski definition) is 4. The van der Waals surface area contributed by atoms with E-state index in [9.17, 15) is 18.0 Å². The van der Waals surface area contributed by atoms with Crippen LogP contribution in [0, 0.1) is 12.8 Å². The topological polar surface area (TPSA) is 130 Å². The molecule has 0 radical (unpaired) electrons. The zero-order valence-electron chi connectivity index (χ0n) is 15.9. The molecule has 1 atom stereocenters. The molecule has 2 aromatic carbocycles. The van der Waals surface area contributed by atoms with Crippen molar-refractivity contribution in [2.24, 2.45) is 11.1 Å². The minimum absolute atomic E-state index is 0.167. The van der Waals surface area contributed by atoms with Crippen LogP contribution in [-0.2, 0) is 15.0 Å². The molecule has 1 unspecified atom stereocenters. The summed E-state index contributed by atoms with van der Waals surface area (Å²) >= 11 is 0. The quantitative estimate of drug-likeness (QED) is 0.562. The van der Waals surface area contributed by atoms with Crippen molar-refractivity contribution in [3.05, 3.63) is 59.7 Å². The predicted molar refractivity (Wildman–Crippen MR) is 109 cm³/mol. The van der Waals surface area contributed by atoms with Crippen LogP contribution < -0.4 is 20.5 Å². The van der Waals surface area contributed by atoms with Crippen molar-refractivity contribution < 1.29 is 18.0 Å². The van der Waals surface area contributed by atoms with E-state index in [-0.39, 0.29) is 17.5 Å². The second kappa shape index (κ2) is 8.85. The first-order valence-electron chi connectivity index (χ1n) is 8.64. The Morgan fingerprint density at radius 3 is 2.18 bits per heavy atom. The molecule has 0 aromatic heterocycles. The molecule has 28 heavy (non-hydrogen) atoms. The summed E-state index contributed by atoms with van der Waals surface area (Å²) in [6.45, 7) is 5.56. The smallest absolute Gasteiger partial charge is 0.296 e. The highest BCUT2D eigenvalue weighted by molar-refractivity contribution is 7.90. The van der Waals surface area contributed by atoms with E-state index in [1.807, 2.05) is 32.9 Å². The standard InChI is InChI=1S/C19H24N4O4S/c1-12(2)17(22-18(24)14-9-7-13(3)8-10-14)19(25)21-15-5-4-6-16(11-15)23-28(20,26)27/h4-12,17,23H,1-3H3,(H,21,25)(H,22,24)(H2,20,26,27). The minimum Gasteiger partial charge on any atom is -0.340 e. The molecule has 2 aromatic rings. The maximum Gasteiger partial charge on any atom is 0.296 e. The number of anilines is 2. The third kappa shape index (κ3) is 6.36. The molecule has 9 heteroatoms. The van der Waals surface area contributed by atoms with Gasteiger partial charge in [0.05, 0.1) is 5.69 Å². The summed E-state index contributed by atoms with van der Waals surface area (Å²) in [5.41, 5.74) is 2.07. The molecule has 2 amide bonds. The fourth-order valence-corrected chi connectivity index (χ4v) is 2.96. The number of aryl methyl sites for hydroxylation is 1. The number of carbonyl (C=O) groups excluding carboxylic acids is 2. The molecular weight excluding hydrogens is 380 g/mol. The molecule has 0 saturated carbocycles. The lowest BCUT2D eigenvalue weighted by Gasteiger charge is -2.22. The van der Waals surface area contributed by atoms with Crippen LogP contribution in [0.2, 0.25) is 0 Å². The van der Waals surface area contributed by atoms with Gasteiger partial charge in [0.2, 0.25) is 5.91 Å². The lowest BCUT2D eigenvalue weighted by molar-refractivity contribution is -0.118. The van der Waals surface area contributed by atoms with Crippen molar-refractivity contribution >= 4 is 33.4 Å². The third-order valence-corrected chi connectivity index (χ3v) is 4.46. The highest BCUT2D eigenvalue weighted by Gasteiger charge is 2.25. The van der Waals surface area contributed by atoms with Crippen LogP contribution in [0.25, 0.3) is 0 Å². The van der Waals surface area contributed by atoms with E-state index in [4.69, 9.17) is 5.14 Å². The largest absolute Gasteiger partial charge is 0.340 e. The van der Waals surface area contributed by atoms with Gasteiger partial charge in [-0.15, -0.1) is 0 Å². The summed E-state index contributed by atoms with van der Waals surface area (Å²) in [6.07, 6.45) is 0. The van der Waals surface area contributed by atoms with Gasteiger partial charge >= 0.3 is 0 Å². The number of hydrogen-bond acceptors (Lipinski definition) is 4. The summed E-state index contributed by atoms with van der Waals surface area (Å²) in [4.78, 5) is 25.1. The average Bonchev–Trinajstić information content (AvgIpc) is 2.58. The molecule has 0 spiro atoms. The average molecular weight is 404 g/mol. The Labute approximate surface area is 164 Å². The molecule has 5 N–H and O–H groups in total. The van der Waals surface area contributed by atoms with Crippen LogP contribution in [0.4, 0.5) is 11.4 Å².